The summed E-state index contributed by atoms with van der Waals surface area (Å²) in [6, 6.07) is 15.2. The minimum Gasteiger partial charge on any atom is -0.480 e. The maximum Gasteiger partial charge on any atom is 0.326 e. The molecule has 0 fully saturated rings. The summed E-state index contributed by atoms with van der Waals surface area (Å²) < 4.78 is 5.04. The molecule has 0 radical (unpaired) electrons. The van der Waals surface area contributed by atoms with Crippen LogP contribution in [0.5, 0.6) is 0 Å². The maximum absolute atomic E-state index is 12.1. The zero-order valence-corrected chi connectivity index (χ0v) is 13.7. The molecule has 1 atom stereocenters. The van der Waals surface area contributed by atoms with Crippen LogP contribution < -0.4 is 5.32 Å². The van der Waals surface area contributed by atoms with Gasteiger partial charge in [0.2, 0.25) is 0 Å². The number of hydrogen-bond donors (Lipinski definition) is 2. The molecule has 0 spiro atoms. The Hall–Kier alpha value is -3.66. The average Bonchev–Trinajstić information content (AvgIpc) is 2.66. The van der Waals surface area contributed by atoms with Crippen molar-refractivity contribution in [2.75, 3.05) is 0 Å². The number of benzene rings is 2. The van der Waals surface area contributed by atoms with E-state index in [1.807, 2.05) is 12.1 Å². The molecule has 0 aliphatic rings. The number of nitriles is 1. The van der Waals surface area contributed by atoms with Gasteiger partial charge in [0.25, 0.3) is 5.91 Å². The van der Waals surface area contributed by atoms with E-state index in [0.717, 1.165) is 5.56 Å². The normalized spacial score (nSPS) is 11.0. The molecular formula is C19H16N2O5. The molecule has 0 aliphatic carbocycles. The van der Waals surface area contributed by atoms with Crippen LogP contribution >= 0.6 is 0 Å². The van der Waals surface area contributed by atoms with Gasteiger partial charge in [-0.3, -0.25) is 9.59 Å². The van der Waals surface area contributed by atoms with Gasteiger partial charge in [0, 0.05) is 5.56 Å². The Morgan fingerprint density at radius 1 is 1.08 bits per heavy atom. The highest BCUT2D eigenvalue weighted by Crippen LogP contribution is 2.06. The molecule has 0 aliphatic heterocycles. The summed E-state index contributed by atoms with van der Waals surface area (Å²) in [7, 11) is 0. The molecule has 2 rings (SSSR count). The van der Waals surface area contributed by atoms with Crippen LogP contribution in [0.15, 0.2) is 54.6 Å². The number of amides is 1. The largest absolute Gasteiger partial charge is 0.480 e. The molecule has 0 heterocycles. The number of carbonyl (C=O) groups is 3. The molecule has 2 N–H and O–H groups in total. The first-order valence-electron chi connectivity index (χ1n) is 7.73. The lowest BCUT2D eigenvalue weighted by atomic mass is 10.1. The first-order valence-corrected chi connectivity index (χ1v) is 7.73. The molecule has 132 valence electrons. The van der Waals surface area contributed by atoms with Gasteiger partial charge in [0.05, 0.1) is 18.1 Å². The lowest BCUT2D eigenvalue weighted by molar-refractivity contribution is -0.150. The number of carbonyl (C=O) groups excluding carboxylic acids is 2. The van der Waals surface area contributed by atoms with Gasteiger partial charge in [-0.15, -0.1) is 0 Å². The molecule has 2 aromatic rings. The second kappa shape index (κ2) is 8.99. The average molecular weight is 352 g/mol. The zero-order valence-electron chi connectivity index (χ0n) is 13.7. The number of ether oxygens (including phenoxy) is 1. The molecule has 0 bridgehead atoms. The van der Waals surface area contributed by atoms with E-state index in [-0.39, 0.29) is 12.2 Å². The van der Waals surface area contributed by atoms with Gasteiger partial charge in [-0.1, -0.05) is 30.3 Å². The zero-order chi connectivity index (χ0) is 18.9. The summed E-state index contributed by atoms with van der Waals surface area (Å²) in [5.41, 5.74) is 1.34. The lowest BCUT2D eigenvalue weighted by Gasteiger charge is -2.14. The predicted molar refractivity (Wildman–Crippen MR) is 90.9 cm³/mol. The highest BCUT2D eigenvalue weighted by molar-refractivity contribution is 5.97. The molecule has 0 saturated carbocycles. The molecule has 0 aromatic heterocycles. The van der Waals surface area contributed by atoms with E-state index in [1.165, 1.54) is 24.3 Å². The Morgan fingerprint density at radius 3 is 2.31 bits per heavy atom. The Labute approximate surface area is 149 Å². The lowest BCUT2D eigenvalue weighted by Crippen LogP contribution is -2.42. The number of carboxylic acids is 1. The first kappa shape index (κ1) is 18.7. The SMILES string of the molecule is N#Cc1ccc(C(=O)N[C@H](CC(=O)OCc2ccccc2)C(=O)O)cc1. The fourth-order valence-electron chi connectivity index (χ4n) is 2.10. The highest BCUT2D eigenvalue weighted by Gasteiger charge is 2.24. The van der Waals surface area contributed by atoms with E-state index in [9.17, 15) is 19.5 Å². The summed E-state index contributed by atoms with van der Waals surface area (Å²) in [6.07, 6.45) is -0.496. The van der Waals surface area contributed by atoms with Crippen LogP contribution in [0.3, 0.4) is 0 Å². The number of nitrogens with zero attached hydrogens (tertiary/aromatic N) is 1. The van der Waals surface area contributed by atoms with Crippen molar-refractivity contribution in [1.29, 1.82) is 5.26 Å². The Morgan fingerprint density at radius 2 is 1.73 bits per heavy atom. The first-order chi connectivity index (χ1) is 12.5. The van der Waals surface area contributed by atoms with Crippen molar-refractivity contribution >= 4 is 17.8 Å². The van der Waals surface area contributed by atoms with Crippen LogP contribution in [0.25, 0.3) is 0 Å². The van der Waals surface area contributed by atoms with Gasteiger partial charge < -0.3 is 15.2 Å². The summed E-state index contributed by atoms with van der Waals surface area (Å²) in [5.74, 6) is -2.73. The minimum absolute atomic E-state index is 0.0234. The standard InChI is InChI=1S/C19H16N2O5/c20-11-13-6-8-15(9-7-13)18(23)21-16(19(24)25)10-17(22)26-12-14-4-2-1-3-5-14/h1-9,16H,10,12H2,(H,21,23)(H,24,25)/t16-/m1/s1. The van der Waals surface area contributed by atoms with E-state index >= 15 is 0 Å². The van der Waals surface area contributed by atoms with Crippen LogP contribution in [-0.4, -0.2) is 29.0 Å². The van der Waals surface area contributed by atoms with E-state index in [0.29, 0.717) is 5.56 Å². The van der Waals surface area contributed by atoms with Gasteiger partial charge in [0.15, 0.2) is 0 Å². The maximum atomic E-state index is 12.1. The Bertz CT molecular complexity index is 825. The van der Waals surface area contributed by atoms with Gasteiger partial charge in [-0.05, 0) is 29.8 Å². The van der Waals surface area contributed by atoms with Crippen molar-refractivity contribution in [3.63, 3.8) is 0 Å². The quantitative estimate of drug-likeness (QED) is 0.735. The second-order valence-electron chi connectivity index (χ2n) is 5.40. The van der Waals surface area contributed by atoms with Crippen molar-refractivity contribution in [3.05, 3.63) is 71.3 Å². The van der Waals surface area contributed by atoms with Gasteiger partial charge in [-0.2, -0.15) is 5.26 Å². The smallest absolute Gasteiger partial charge is 0.326 e. The Kier molecular flexibility index (Phi) is 6.46. The van der Waals surface area contributed by atoms with E-state index < -0.39 is 30.3 Å². The van der Waals surface area contributed by atoms with Crippen molar-refractivity contribution in [2.24, 2.45) is 0 Å². The minimum atomic E-state index is -1.42. The summed E-state index contributed by atoms with van der Waals surface area (Å²) in [6.45, 7) is 0.0234. The fraction of sp³-hybridized carbons (Fsp3) is 0.158. The van der Waals surface area contributed by atoms with E-state index in [2.05, 4.69) is 5.32 Å². The van der Waals surface area contributed by atoms with Gasteiger partial charge >= 0.3 is 11.9 Å². The van der Waals surface area contributed by atoms with E-state index in [4.69, 9.17) is 10.00 Å². The molecule has 7 heteroatoms. The molecule has 0 unspecified atom stereocenters. The molecule has 7 nitrogen and oxygen atoms in total. The summed E-state index contributed by atoms with van der Waals surface area (Å²) in [5, 5.41) is 20.2. The van der Waals surface area contributed by atoms with Crippen molar-refractivity contribution < 1.29 is 24.2 Å². The van der Waals surface area contributed by atoms with Gasteiger partial charge in [-0.25, -0.2) is 4.79 Å². The summed E-state index contributed by atoms with van der Waals surface area (Å²) >= 11 is 0. The third-order valence-electron chi connectivity index (χ3n) is 3.49. The summed E-state index contributed by atoms with van der Waals surface area (Å²) in [4.78, 5) is 35.3. The number of hydrogen-bond acceptors (Lipinski definition) is 5. The number of esters is 1. The number of aliphatic carboxylic acids is 1. The molecule has 2 aromatic carbocycles. The van der Waals surface area contributed by atoms with E-state index in [1.54, 1.807) is 24.3 Å². The third-order valence-corrected chi connectivity index (χ3v) is 3.49. The van der Waals surface area contributed by atoms with Gasteiger partial charge in [0.1, 0.15) is 12.6 Å². The predicted octanol–water partition coefficient (Wildman–Crippen LogP) is 1.87. The highest BCUT2D eigenvalue weighted by atomic mass is 16.5. The number of rotatable bonds is 7. The van der Waals surface area contributed by atoms with Crippen molar-refractivity contribution in [2.45, 2.75) is 19.1 Å². The van der Waals surface area contributed by atoms with Crippen LogP contribution in [-0.2, 0) is 20.9 Å². The topological polar surface area (TPSA) is 116 Å². The number of carboxylic acid groups (broad SMARTS) is 1. The molecule has 26 heavy (non-hydrogen) atoms. The van der Waals surface area contributed by atoms with Crippen LogP contribution in [0, 0.1) is 11.3 Å². The fourth-order valence-corrected chi connectivity index (χ4v) is 2.10. The Balaban J connectivity index is 1.93. The number of nitrogens with one attached hydrogen (secondary N) is 1. The van der Waals surface area contributed by atoms with Crippen LogP contribution in [0.4, 0.5) is 0 Å². The second-order valence-corrected chi connectivity index (χ2v) is 5.40. The molecule has 1 amide bonds. The molecular weight excluding hydrogens is 336 g/mol. The third kappa shape index (κ3) is 5.46. The van der Waals surface area contributed by atoms with Crippen molar-refractivity contribution in [1.82, 2.24) is 5.32 Å². The monoisotopic (exact) mass is 352 g/mol. The van der Waals surface area contributed by atoms with Crippen molar-refractivity contribution in [3.8, 4) is 6.07 Å². The van der Waals surface area contributed by atoms with Crippen LogP contribution in [0.1, 0.15) is 27.9 Å². The molecule has 0 saturated heterocycles. The van der Waals surface area contributed by atoms with Crippen LogP contribution in [0.2, 0.25) is 0 Å².